The van der Waals surface area contributed by atoms with Crippen molar-refractivity contribution in [2.24, 2.45) is 0 Å². The van der Waals surface area contributed by atoms with Crippen LogP contribution in [0.5, 0.6) is 0 Å². The van der Waals surface area contributed by atoms with Crippen LogP contribution < -0.4 is 0 Å². The van der Waals surface area contributed by atoms with E-state index < -0.39 is 0 Å². The highest BCUT2D eigenvalue weighted by Gasteiger charge is 2.33. The molecule has 6 heteroatoms. The van der Waals surface area contributed by atoms with Crippen LogP contribution in [0.4, 0.5) is 0 Å². The Balaban J connectivity index is 1.67. The van der Waals surface area contributed by atoms with Crippen LogP contribution >= 0.6 is 11.6 Å². The predicted molar refractivity (Wildman–Crippen MR) is 86.2 cm³/mol. The fourth-order valence-electron chi connectivity index (χ4n) is 3.66. The zero-order valence-corrected chi connectivity index (χ0v) is 13.1. The van der Waals surface area contributed by atoms with E-state index in [4.69, 9.17) is 11.6 Å². The fraction of sp³-hybridized carbons (Fsp3) is 0.500. The molecule has 0 radical (unpaired) electrons. The molecule has 2 aromatic rings. The molecule has 3 heterocycles. The quantitative estimate of drug-likeness (QED) is 0.879. The van der Waals surface area contributed by atoms with Crippen LogP contribution in [0, 0.1) is 0 Å². The van der Waals surface area contributed by atoms with Crippen molar-refractivity contribution in [3.63, 3.8) is 0 Å². The van der Waals surface area contributed by atoms with Crippen LogP contribution in [0.15, 0.2) is 18.2 Å². The lowest BCUT2D eigenvalue weighted by Crippen LogP contribution is -2.54. The smallest absolute Gasteiger partial charge is 0.272 e. The number of H-pyrrole nitrogens is 1. The first-order valence-corrected chi connectivity index (χ1v) is 8.28. The normalized spacial score (nSPS) is 25.2. The van der Waals surface area contributed by atoms with Gasteiger partial charge in [0.05, 0.1) is 5.02 Å². The lowest BCUT2D eigenvalue weighted by atomic mass is 10.1. The molecule has 2 aliphatic heterocycles. The van der Waals surface area contributed by atoms with Crippen molar-refractivity contribution in [1.29, 1.82) is 0 Å². The average molecular weight is 319 g/mol. The monoisotopic (exact) mass is 318 g/mol. The predicted octanol–water partition coefficient (Wildman–Crippen LogP) is 2.53. The van der Waals surface area contributed by atoms with Crippen molar-refractivity contribution in [3.05, 3.63) is 28.9 Å². The zero-order chi connectivity index (χ0) is 15.1. The Bertz CT molecular complexity index is 713. The first kappa shape index (κ1) is 14.0. The molecule has 5 nitrogen and oxygen atoms in total. The van der Waals surface area contributed by atoms with Gasteiger partial charge in [0, 0.05) is 31.1 Å². The number of nitrogens with one attached hydrogen (secondary N) is 1. The Morgan fingerprint density at radius 3 is 3.09 bits per heavy atom. The number of carbonyl (C=O) groups excluding carboxylic acids is 1. The third kappa shape index (κ3) is 2.29. The standard InChI is InChI=1S/C16H19ClN4O/c17-13-6-3-5-12-14(13)18-19-15(12)16(22)21-9-8-20-7-2-1-4-11(21)10-20/h3,5-6,11H,1-2,4,7-10H2,(H,18,19)/t11-/m0/s1. The molecule has 0 saturated carbocycles. The summed E-state index contributed by atoms with van der Waals surface area (Å²) in [6.45, 7) is 3.93. The van der Waals surface area contributed by atoms with Crippen LogP contribution in [0.25, 0.3) is 10.9 Å². The van der Waals surface area contributed by atoms with E-state index in [-0.39, 0.29) is 5.91 Å². The summed E-state index contributed by atoms with van der Waals surface area (Å²) in [7, 11) is 0. The van der Waals surface area contributed by atoms with E-state index in [9.17, 15) is 4.79 Å². The van der Waals surface area contributed by atoms with Crippen LogP contribution in [0.3, 0.4) is 0 Å². The third-order valence-electron chi connectivity index (χ3n) is 4.84. The Labute approximate surface area is 134 Å². The SMILES string of the molecule is O=C(c1[nH]nc2c(Cl)cccc12)N1CCN2CCCC[C@H]1C2. The molecule has 116 valence electrons. The van der Waals surface area contributed by atoms with Crippen LogP contribution in [-0.2, 0) is 0 Å². The van der Waals surface area contributed by atoms with Gasteiger partial charge in [0.15, 0.2) is 0 Å². The number of para-hydroxylation sites is 1. The summed E-state index contributed by atoms with van der Waals surface area (Å²) in [6.07, 6.45) is 3.52. The summed E-state index contributed by atoms with van der Waals surface area (Å²) >= 11 is 6.15. The van der Waals surface area contributed by atoms with Gasteiger partial charge in [-0.3, -0.25) is 14.8 Å². The maximum atomic E-state index is 13.0. The zero-order valence-electron chi connectivity index (χ0n) is 12.4. The number of carbonyl (C=O) groups is 1. The largest absolute Gasteiger partial charge is 0.332 e. The second-order valence-electron chi connectivity index (χ2n) is 6.18. The summed E-state index contributed by atoms with van der Waals surface area (Å²) in [5.41, 5.74) is 1.24. The minimum Gasteiger partial charge on any atom is -0.332 e. The second kappa shape index (κ2) is 5.56. The van der Waals surface area contributed by atoms with Gasteiger partial charge < -0.3 is 4.90 Å². The minimum atomic E-state index is 0.0521. The molecule has 1 unspecified atom stereocenters. The van der Waals surface area contributed by atoms with Gasteiger partial charge in [-0.15, -0.1) is 0 Å². The first-order chi connectivity index (χ1) is 10.7. The molecule has 2 fully saturated rings. The molecule has 2 saturated heterocycles. The van der Waals surface area contributed by atoms with Crippen molar-refractivity contribution in [3.8, 4) is 0 Å². The number of benzene rings is 1. The number of amides is 1. The molecular formula is C16H19ClN4O. The van der Waals surface area contributed by atoms with Gasteiger partial charge in [0.25, 0.3) is 5.91 Å². The van der Waals surface area contributed by atoms with Gasteiger partial charge in [-0.05, 0) is 25.5 Å². The fourth-order valence-corrected chi connectivity index (χ4v) is 3.88. The molecule has 1 N–H and O–H groups in total. The number of rotatable bonds is 1. The van der Waals surface area contributed by atoms with Crippen molar-refractivity contribution in [2.75, 3.05) is 26.2 Å². The Morgan fingerprint density at radius 2 is 2.18 bits per heavy atom. The van der Waals surface area contributed by atoms with Crippen molar-refractivity contribution in [2.45, 2.75) is 25.3 Å². The number of piperazine rings is 1. The van der Waals surface area contributed by atoms with E-state index in [1.165, 1.54) is 19.4 Å². The van der Waals surface area contributed by atoms with E-state index in [0.29, 0.717) is 22.3 Å². The molecule has 2 aliphatic rings. The third-order valence-corrected chi connectivity index (χ3v) is 5.14. The maximum absolute atomic E-state index is 13.0. The summed E-state index contributed by atoms with van der Waals surface area (Å²) in [5, 5.41) is 8.51. The molecule has 1 aromatic carbocycles. The van der Waals surface area contributed by atoms with Gasteiger partial charge in [0.2, 0.25) is 0 Å². The second-order valence-corrected chi connectivity index (χ2v) is 6.59. The number of hydrogen-bond acceptors (Lipinski definition) is 3. The van der Waals surface area contributed by atoms with Gasteiger partial charge in [-0.1, -0.05) is 30.2 Å². The van der Waals surface area contributed by atoms with Gasteiger partial charge in [0.1, 0.15) is 11.2 Å². The molecule has 1 amide bonds. The average Bonchev–Trinajstić information content (AvgIpc) is 2.88. The lowest BCUT2D eigenvalue weighted by molar-refractivity contribution is 0.0480. The number of nitrogens with zero attached hydrogens (tertiary/aromatic N) is 3. The molecule has 2 atom stereocenters. The topological polar surface area (TPSA) is 52.2 Å². The van der Waals surface area contributed by atoms with Crippen molar-refractivity contribution >= 4 is 28.4 Å². The highest BCUT2D eigenvalue weighted by atomic mass is 35.5. The summed E-state index contributed by atoms with van der Waals surface area (Å²) in [4.78, 5) is 17.5. The number of halogens is 1. The van der Waals surface area contributed by atoms with Crippen molar-refractivity contribution in [1.82, 2.24) is 20.0 Å². The number of aromatic nitrogens is 2. The highest BCUT2D eigenvalue weighted by Crippen LogP contribution is 2.27. The Hall–Kier alpha value is -1.59. The van der Waals surface area contributed by atoms with Crippen LogP contribution in [0.1, 0.15) is 29.8 Å². The molecule has 0 spiro atoms. The molecule has 0 aliphatic carbocycles. The minimum absolute atomic E-state index is 0.0521. The Kier molecular flexibility index (Phi) is 3.54. The van der Waals surface area contributed by atoms with Crippen LogP contribution in [-0.4, -0.2) is 58.1 Å². The maximum Gasteiger partial charge on any atom is 0.272 e. The van der Waals surface area contributed by atoms with E-state index in [1.807, 2.05) is 17.0 Å². The van der Waals surface area contributed by atoms with E-state index >= 15 is 0 Å². The van der Waals surface area contributed by atoms with Crippen molar-refractivity contribution < 1.29 is 4.79 Å². The van der Waals surface area contributed by atoms with E-state index in [2.05, 4.69) is 15.1 Å². The van der Waals surface area contributed by atoms with Gasteiger partial charge in [-0.25, -0.2) is 0 Å². The molecule has 22 heavy (non-hydrogen) atoms. The highest BCUT2D eigenvalue weighted by molar-refractivity contribution is 6.35. The van der Waals surface area contributed by atoms with Gasteiger partial charge >= 0.3 is 0 Å². The van der Waals surface area contributed by atoms with E-state index in [1.54, 1.807) is 6.07 Å². The molecule has 1 aromatic heterocycles. The molecular weight excluding hydrogens is 300 g/mol. The molecule has 4 rings (SSSR count). The lowest BCUT2D eigenvalue weighted by Gasteiger charge is -2.39. The van der Waals surface area contributed by atoms with Gasteiger partial charge in [-0.2, -0.15) is 5.10 Å². The Morgan fingerprint density at radius 1 is 1.27 bits per heavy atom. The summed E-state index contributed by atoms with van der Waals surface area (Å²) < 4.78 is 0. The summed E-state index contributed by atoms with van der Waals surface area (Å²) in [5.74, 6) is 0.0521. The van der Waals surface area contributed by atoms with Crippen LogP contribution in [0.2, 0.25) is 5.02 Å². The number of aromatic amines is 1. The number of hydrogen-bond donors (Lipinski definition) is 1. The van der Waals surface area contributed by atoms with E-state index in [0.717, 1.165) is 31.4 Å². The summed E-state index contributed by atoms with van der Waals surface area (Å²) in [6, 6.07) is 5.88. The first-order valence-electron chi connectivity index (χ1n) is 7.90. The number of fused-ring (bicyclic) bond motifs is 3. The molecule has 2 bridgehead atoms.